The van der Waals surface area contributed by atoms with Crippen molar-refractivity contribution >= 4 is 156 Å². The van der Waals surface area contributed by atoms with Crippen LogP contribution in [0.5, 0.6) is 34.5 Å². The van der Waals surface area contributed by atoms with Gasteiger partial charge in [0, 0.05) is 81.4 Å². The predicted octanol–water partition coefficient (Wildman–Crippen LogP) is 18.3. The van der Waals surface area contributed by atoms with E-state index >= 15 is 0 Å². The van der Waals surface area contributed by atoms with Gasteiger partial charge in [0.15, 0.2) is 0 Å². The van der Waals surface area contributed by atoms with E-state index in [1.165, 1.54) is 147 Å². The van der Waals surface area contributed by atoms with Crippen LogP contribution in [-0.4, -0.2) is 20.1 Å². The Morgan fingerprint density at radius 3 is 1.38 bits per heavy atom. The van der Waals surface area contributed by atoms with E-state index in [4.69, 9.17) is 14.2 Å². The van der Waals surface area contributed by atoms with Crippen LogP contribution >= 0.6 is 22.7 Å². The molecule has 0 bridgehead atoms. The summed E-state index contributed by atoms with van der Waals surface area (Å²) in [6.45, 7) is 26.3. The van der Waals surface area contributed by atoms with Crippen LogP contribution in [0.3, 0.4) is 0 Å². The second-order valence-corrected chi connectivity index (χ2v) is 31.3. The summed E-state index contributed by atoms with van der Waals surface area (Å²) >= 11 is 3.79. The maximum atomic E-state index is 7.77. The molecule has 0 radical (unpaired) electrons. The third kappa shape index (κ3) is 8.44. The highest BCUT2D eigenvalue weighted by molar-refractivity contribution is 7.34. The maximum Gasteiger partial charge on any atom is 0.268 e. The Labute approximate surface area is 587 Å². The number of para-hydroxylation sites is 1. The first kappa shape index (κ1) is 58.7. The van der Waals surface area contributed by atoms with Gasteiger partial charge in [-0.3, -0.25) is 0 Å². The van der Waals surface area contributed by atoms with Gasteiger partial charge in [0.1, 0.15) is 34.5 Å². The normalized spacial score (nSPS) is 13.7. The van der Waals surface area contributed by atoms with Crippen LogP contribution in [0.15, 0.2) is 188 Å². The van der Waals surface area contributed by atoms with E-state index in [2.05, 4.69) is 286 Å². The van der Waals surface area contributed by atoms with Gasteiger partial charge in [-0.2, -0.15) is 0 Å². The molecule has 6 nitrogen and oxygen atoms in total. The molecule has 12 aromatic carbocycles. The number of benzene rings is 12. The van der Waals surface area contributed by atoms with Crippen LogP contribution in [0.2, 0.25) is 0 Å². The molecule has 14 aromatic rings. The zero-order valence-corrected chi connectivity index (χ0v) is 59.2. The third-order valence-corrected chi connectivity index (χ3v) is 24.6. The fraction of sp³-hybridized carbons (Fsp3) is 0.136. The molecule has 0 atom stereocenters. The smallest absolute Gasteiger partial charge is 0.268 e. The number of aryl methyl sites for hydroxylation is 12. The molecule has 11 heteroatoms. The van der Waals surface area contributed by atoms with Gasteiger partial charge in [-0.15, -0.1) is 22.7 Å². The van der Waals surface area contributed by atoms with Gasteiger partial charge in [-0.1, -0.05) is 131 Å². The van der Waals surface area contributed by atoms with Crippen LogP contribution < -0.4 is 77.1 Å². The molecular weight excluding hydrogens is 1240 g/mol. The predicted molar refractivity (Wildman–Crippen MR) is 423 cm³/mol. The molecule has 0 saturated heterocycles. The molecule has 0 fully saturated rings. The number of fused-ring (bicyclic) bond motifs is 16. The fourth-order valence-electron chi connectivity index (χ4n) is 18.9. The van der Waals surface area contributed by atoms with Crippen molar-refractivity contribution < 1.29 is 14.2 Å². The molecule has 1 N–H and O–H groups in total. The molecule has 0 unspecified atom stereocenters. The monoisotopic (exact) mass is 1310 g/mol. The van der Waals surface area contributed by atoms with Crippen molar-refractivity contribution in [1.29, 1.82) is 0 Å². The summed E-state index contributed by atoms with van der Waals surface area (Å²) in [5, 5.41) is 6.58. The minimum Gasteiger partial charge on any atom is -0.458 e. The summed E-state index contributed by atoms with van der Waals surface area (Å²) in [6, 6.07) is 71.6. The maximum absolute atomic E-state index is 7.77. The highest BCUT2D eigenvalue weighted by Gasteiger charge is 2.50. The lowest BCUT2D eigenvalue weighted by molar-refractivity contribution is 0.465. The zero-order chi connectivity index (χ0) is 67.0. The van der Waals surface area contributed by atoms with Crippen LogP contribution in [0.1, 0.15) is 66.8 Å². The first-order chi connectivity index (χ1) is 48.0. The SMILES string of the molecule is Cc1cc(C)c(-c2cc3c4c(c2)Oc2cc5c(cc2B4c2cc4c(cc2O3)Nc2cc(-c3c(C)cc(C)cc3C)cc3c2B4c2sc4ccccc4c2N3c2ccccc2)B2c3sc4ccccc4c3Oc3cc(-c4c(C)cc(C)cc4C)cc(c32)N5c2c(C)cc(C)cc2C)c(C)c1. The molecule has 6 aliphatic rings. The first-order valence-electron chi connectivity index (χ1n) is 34.7. The first-order valence-corrected chi connectivity index (χ1v) is 36.3. The summed E-state index contributed by atoms with van der Waals surface area (Å²) in [7, 11) is 0. The van der Waals surface area contributed by atoms with Crippen molar-refractivity contribution in [1.82, 2.24) is 0 Å². The highest BCUT2D eigenvalue weighted by atomic mass is 32.1. The standard InChI is InChI=1S/C88H68B3N3O3S2/c1-44-26-48(5)78(49(6)27-44)56-34-67-81-69(35-56)93(59-20-14-13-15-21-59)85-60-22-16-18-24-76(60)98-87(85)90(81)62-40-64-71(42-66(62)92-67)95-74-38-58(80-52(9)30-46(3)31-53(80)10)39-75-83(74)89(64)65-41-63-68(43-72(65)96-75)94(84-54(11)32-47(4)33-55(84)12)70-36-57(79-50(7)28-45(2)29-51(79)8)37-73-82(70)91(63)88-86(97-73)61-23-17-19-25-77(61)99-88/h13-43,92H,1-12H3. The second-order valence-electron chi connectivity index (χ2n) is 29.1. The van der Waals surface area contributed by atoms with Crippen molar-refractivity contribution in [3.8, 4) is 67.9 Å². The van der Waals surface area contributed by atoms with Gasteiger partial charge in [-0.05, 0) is 260 Å². The van der Waals surface area contributed by atoms with Crippen molar-refractivity contribution in [3.05, 3.63) is 255 Å². The van der Waals surface area contributed by atoms with Crippen molar-refractivity contribution in [2.45, 2.75) is 83.1 Å². The van der Waals surface area contributed by atoms with Crippen LogP contribution in [0.25, 0.3) is 53.6 Å². The Kier molecular flexibility index (Phi) is 12.5. The van der Waals surface area contributed by atoms with E-state index in [1.54, 1.807) is 0 Å². The van der Waals surface area contributed by atoms with Gasteiger partial charge < -0.3 is 29.3 Å². The van der Waals surface area contributed by atoms with Gasteiger partial charge in [0.05, 0.1) is 11.4 Å². The molecule has 6 aliphatic heterocycles. The lowest BCUT2D eigenvalue weighted by Gasteiger charge is -2.42. The largest absolute Gasteiger partial charge is 0.458 e. The summed E-state index contributed by atoms with van der Waals surface area (Å²) in [5.41, 5.74) is 39.2. The topological polar surface area (TPSA) is 46.2 Å². The molecule has 0 amide bonds. The minimum absolute atomic E-state index is 0.118. The van der Waals surface area contributed by atoms with E-state index in [0.29, 0.717) is 0 Å². The van der Waals surface area contributed by atoms with E-state index in [1.807, 2.05) is 22.7 Å². The summed E-state index contributed by atoms with van der Waals surface area (Å²) in [4.78, 5) is 5.14. The Hall–Kier alpha value is -10.4. The van der Waals surface area contributed by atoms with E-state index in [-0.39, 0.29) is 20.1 Å². The van der Waals surface area contributed by atoms with Crippen molar-refractivity contribution in [2.24, 2.45) is 0 Å². The van der Waals surface area contributed by atoms with Crippen LogP contribution in [0.4, 0.5) is 45.5 Å². The average molecular weight is 1310 g/mol. The molecule has 474 valence electrons. The van der Waals surface area contributed by atoms with Crippen molar-refractivity contribution in [3.63, 3.8) is 0 Å². The number of nitrogens with zero attached hydrogens (tertiary/aromatic N) is 2. The summed E-state index contributed by atoms with van der Waals surface area (Å²) in [5.74, 6) is 5.12. The zero-order valence-electron chi connectivity index (χ0n) is 57.6. The van der Waals surface area contributed by atoms with Gasteiger partial charge >= 0.3 is 0 Å². The van der Waals surface area contributed by atoms with E-state index in [9.17, 15) is 0 Å². The van der Waals surface area contributed by atoms with Crippen LogP contribution in [-0.2, 0) is 0 Å². The number of thiophene rings is 2. The Balaban J connectivity index is 0.866. The third-order valence-electron chi connectivity index (χ3n) is 22.2. The summed E-state index contributed by atoms with van der Waals surface area (Å²) < 4.78 is 27.9. The number of nitrogens with one attached hydrogen (secondary N) is 1. The quantitative estimate of drug-likeness (QED) is 0.173. The van der Waals surface area contributed by atoms with Gasteiger partial charge in [0.25, 0.3) is 20.1 Å². The van der Waals surface area contributed by atoms with Crippen LogP contribution in [0, 0.1) is 83.1 Å². The molecule has 20 rings (SSSR count). The number of rotatable bonds is 5. The van der Waals surface area contributed by atoms with Gasteiger partial charge in [-0.25, -0.2) is 0 Å². The number of anilines is 8. The Morgan fingerprint density at radius 1 is 0.323 bits per heavy atom. The number of hydrogen-bond acceptors (Lipinski definition) is 8. The highest BCUT2D eigenvalue weighted by Crippen LogP contribution is 2.52. The molecule has 8 heterocycles. The number of ether oxygens (including phenoxy) is 3. The Morgan fingerprint density at radius 2 is 0.788 bits per heavy atom. The number of hydrogen-bond donors (Lipinski definition) is 1. The summed E-state index contributed by atoms with van der Waals surface area (Å²) in [6.07, 6.45) is 0. The Bertz CT molecular complexity index is 5930. The lowest BCUT2D eigenvalue weighted by Crippen LogP contribution is -2.64. The molecule has 0 saturated carbocycles. The molecule has 0 aliphatic carbocycles. The fourth-order valence-corrected chi connectivity index (χ4v) is 21.5. The van der Waals surface area contributed by atoms with Crippen molar-refractivity contribution in [2.75, 3.05) is 15.1 Å². The molecule has 99 heavy (non-hydrogen) atoms. The lowest BCUT2D eigenvalue weighted by atomic mass is 9.31. The molecular formula is C88H68B3N3O3S2. The minimum atomic E-state index is -0.289. The average Bonchev–Trinajstić information content (AvgIpc) is 1.67. The molecule has 2 aromatic heterocycles. The van der Waals surface area contributed by atoms with Gasteiger partial charge in [0.2, 0.25) is 0 Å². The van der Waals surface area contributed by atoms with E-state index in [0.717, 1.165) is 102 Å². The molecule has 0 spiro atoms. The van der Waals surface area contributed by atoms with E-state index < -0.39 is 0 Å². The second kappa shape index (κ2) is 21.0.